The summed E-state index contributed by atoms with van der Waals surface area (Å²) in [6.45, 7) is 1.96. The Hall–Kier alpha value is -3.11. The van der Waals surface area contributed by atoms with Gasteiger partial charge in [-0.15, -0.1) is 12.6 Å². The second-order valence-electron chi connectivity index (χ2n) is 5.96. The first-order valence-corrected chi connectivity index (χ1v) is 8.67. The van der Waals surface area contributed by atoms with Crippen molar-refractivity contribution in [1.82, 2.24) is 5.32 Å². The van der Waals surface area contributed by atoms with Crippen molar-refractivity contribution in [1.29, 1.82) is 5.26 Å². The van der Waals surface area contributed by atoms with E-state index in [9.17, 15) is 10.1 Å². The zero-order chi connectivity index (χ0) is 19.6. The maximum absolute atomic E-state index is 12.4. The number of anilines is 1. The third-order valence-electron chi connectivity index (χ3n) is 4.41. The summed E-state index contributed by atoms with van der Waals surface area (Å²) in [6, 6.07) is 15.1. The zero-order valence-electron chi connectivity index (χ0n) is 15.2. The monoisotopic (exact) mass is 381 g/mol. The normalized spacial score (nSPS) is 16.6. The molecule has 1 amide bonds. The third-order valence-corrected chi connectivity index (χ3v) is 4.85. The molecule has 0 aliphatic carbocycles. The number of aryl methyl sites for hydroxylation is 1. The van der Waals surface area contributed by atoms with Gasteiger partial charge in [-0.3, -0.25) is 4.79 Å². The second kappa shape index (κ2) is 7.64. The molecular weight excluding hydrogens is 362 g/mol. The molecule has 0 unspecified atom stereocenters. The number of carbonyl (C=O) groups excluding carboxylic acids is 1. The Morgan fingerprint density at radius 1 is 1.15 bits per heavy atom. The molecule has 1 aliphatic rings. The van der Waals surface area contributed by atoms with Crippen molar-refractivity contribution < 1.29 is 14.3 Å². The van der Waals surface area contributed by atoms with Gasteiger partial charge in [-0.2, -0.15) is 5.26 Å². The van der Waals surface area contributed by atoms with Gasteiger partial charge in [-0.25, -0.2) is 0 Å². The molecule has 1 aliphatic heterocycles. The number of para-hydroxylation sites is 1. The lowest BCUT2D eigenvalue weighted by Gasteiger charge is -2.38. The summed E-state index contributed by atoms with van der Waals surface area (Å²) in [7, 11) is 3.12. The van der Waals surface area contributed by atoms with Gasteiger partial charge in [0.15, 0.2) is 11.5 Å². The van der Waals surface area contributed by atoms with Crippen LogP contribution in [0.15, 0.2) is 53.1 Å². The highest BCUT2D eigenvalue weighted by Crippen LogP contribution is 2.39. The highest BCUT2D eigenvalue weighted by atomic mass is 32.1. The number of hydrogen-bond donors (Lipinski definition) is 2. The Balaban J connectivity index is 2.19. The van der Waals surface area contributed by atoms with Crippen LogP contribution >= 0.6 is 12.6 Å². The van der Waals surface area contributed by atoms with Crippen molar-refractivity contribution >= 4 is 24.2 Å². The number of nitriles is 1. The fourth-order valence-corrected chi connectivity index (χ4v) is 3.42. The number of amides is 1. The van der Waals surface area contributed by atoms with Crippen molar-refractivity contribution in [2.45, 2.75) is 13.1 Å². The number of carbonyl (C=O) groups is 1. The van der Waals surface area contributed by atoms with Crippen molar-refractivity contribution in [3.05, 3.63) is 64.2 Å². The highest BCUT2D eigenvalue weighted by Gasteiger charge is 2.34. The summed E-state index contributed by atoms with van der Waals surface area (Å²) in [5.74, 6) is 0.669. The van der Waals surface area contributed by atoms with Crippen LogP contribution < -0.4 is 19.7 Å². The van der Waals surface area contributed by atoms with Crippen LogP contribution in [0.5, 0.6) is 11.5 Å². The number of benzene rings is 2. The van der Waals surface area contributed by atoms with E-state index in [1.54, 1.807) is 26.4 Å². The SMILES string of the molecule is COc1ccc([C@@H]2NC(=O)C(C#N)=C(S)N2c2ccccc2C)cc1OC. The van der Waals surface area contributed by atoms with E-state index in [1.807, 2.05) is 48.2 Å². The van der Waals surface area contributed by atoms with Crippen LogP contribution in [0.4, 0.5) is 5.69 Å². The number of nitrogens with one attached hydrogen (secondary N) is 1. The smallest absolute Gasteiger partial charge is 0.266 e. The van der Waals surface area contributed by atoms with Crippen LogP contribution in [-0.4, -0.2) is 20.1 Å². The maximum Gasteiger partial charge on any atom is 0.266 e. The average molecular weight is 381 g/mol. The van der Waals surface area contributed by atoms with Crippen LogP contribution in [0.2, 0.25) is 0 Å². The summed E-state index contributed by atoms with van der Waals surface area (Å²) in [6.07, 6.45) is -0.553. The van der Waals surface area contributed by atoms with Crippen LogP contribution in [-0.2, 0) is 4.79 Å². The first kappa shape index (κ1) is 18.7. The van der Waals surface area contributed by atoms with E-state index in [0.717, 1.165) is 16.8 Å². The molecule has 0 fully saturated rings. The van der Waals surface area contributed by atoms with Crippen LogP contribution in [0.3, 0.4) is 0 Å². The Bertz CT molecular complexity index is 965. The van der Waals surface area contributed by atoms with Gasteiger partial charge in [0.25, 0.3) is 5.91 Å². The lowest BCUT2D eigenvalue weighted by atomic mass is 10.0. The van der Waals surface area contributed by atoms with Gasteiger partial charge < -0.3 is 19.7 Å². The fraction of sp³-hybridized carbons (Fsp3) is 0.200. The Morgan fingerprint density at radius 3 is 2.48 bits per heavy atom. The largest absolute Gasteiger partial charge is 0.493 e. The van der Waals surface area contributed by atoms with Gasteiger partial charge in [0.1, 0.15) is 17.8 Å². The molecule has 27 heavy (non-hydrogen) atoms. The van der Waals surface area contributed by atoms with Gasteiger partial charge in [-0.1, -0.05) is 24.3 Å². The molecule has 0 aromatic heterocycles. The molecule has 1 heterocycles. The first-order valence-electron chi connectivity index (χ1n) is 8.22. The predicted molar refractivity (Wildman–Crippen MR) is 106 cm³/mol. The summed E-state index contributed by atoms with van der Waals surface area (Å²) in [5.41, 5.74) is 2.57. The van der Waals surface area contributed by atoms with Crippen LogP contribution in [0.25, 0.3) is 0 Å². The summed E-state index contributed by atoms with van der Waals surface area (Å²) in [5, 5.41) is 12.6. The lowest BCUT2D eigenvalue weighted by molar-refractivity contribution is -0.118. The van der Waals surface area contributed by atoms with Gasteiger partial charge in [-0.05, 0) is 36.2 Å². The topological polar surface area (TPSA) is 74.6 Å². The van der Waals surface area contributed by atoms with Crippen molar-refractivity contribution in [3.8, 4) is 17.6 Å². The van der Waals surface area contributed by atoms with Gasteiger partial charge in [0.2, 0.25) is 0 Å². The van der Waals surface area contributed by atoms with Crippen molar-refractivity contribution in [2.24, 2.45) is 0 Å². The molecule has 0 spiro atoms. The maximum atomic E-state index is 12.4. The molecular formula is C20H19N3O3S. The fourth-order valence-electron chi connectivity index (χ4n) is 3.05. The number of methoxy groups -OCH3 is 2. The van der Waals surface area contributed by atoms with Gasteiger partial charge in [0, 0.05) is 5.69 Å². The number of hydrogen-bond acceptors (Lipinski definition) is 6. The van der Waals surface area contributed by atoms with E-state index >= 15 is 0 Å². The van der Waals surface area contributed by atoms with E-state index in [2.05, 4.69) is 17.9 Å². The molecule has 3 rings (SSSR count). The van der Waals surface area contributed by atoms with E-state index in [-0.39, 0.29) is 5.57 Å². The summed E-state index contributed by atoms with van der Waals surface area (Å²) in [4.78, 5) is 14.3. The second-order valence-corrected chi connectivity index (χ2v) is 6.38. The predicted octanol–water partition coefficient (Wildman–Crippen LogP) is 3.31. The molecule has 138 valence electrons. The average Bonchev–Trinajstić information content (AvgIpc) is 2.68. The molecule has 2 aromatic rings. The molecule has 1 N–H and O–H groups in total. The molecule has 0 bridgehead atoms. The molecule has 0 saturated heterocycles. The summed E-state index contributed by atoms with van der Waals surface area (Å²) >= 11 is 4.51. The molecule has 0 saturated carbocycles. The Morgan fingerprint density at radius 2 is 1.85 bits per heavy atom. The standard InChI is InChI=1S/C20H19N3O3S/c1-12-6-4-5-7-15(12)23-18(22-19(24)14(11-21)20(23)27)13-8-9-16(25-2)17(10-13)26-3/h4-10,18,27H,1-3H3,(H,22,24)/t18-/m1/s1. The minimum Gasteiger partial charge on any atom is -0.493 e. The van der Waals surface area contributed by atoms with Crippen LogP contribution in [0.1, 0.15) is 17.3 Å². The van der Waals surface area contributed by atoms with E-state index in [0.29, 0.717) is 16.5 Å². The van der Waals surface area contributed by atoms with Crippen molar-refractivity contribution in [2.75, 3.05) is 19.1 Å². The van der Waals surface area contributed by atoms with Crippen molar-refractivity contribution in [3.63, 3.8) is 0 Å². The molecule has 0 radical (unpaired) electrons. The molecule has 7 heteroatoms. The van der Waals surface area contributed by atoms with Gasteiger partial charge >= 0.3 is 0 Å². The Kier molecular flexibility index (Phi) is 5.28. The third kappa shape index (κ3) is 3.32. The number of ether oxygens (including phenoxy) is 2. The highest BCUT2D eigenvalue weighted by molar-refractivity contribution is 7.84. The van der Waals surface area contributed by atoms with E-state index in [4.69, 9.17) is 9.47 Å². The molecule has 2 aromatic carbocycles. The first-order chi connectivity index (χ1) is 13.0. The molecule has 6 nitrogen and oxygen atoms in total. The minimum atomic E-state index is -0.553. The minimum absolute atomic E-state index is 0.0293. The van der Waals surface area contributed by atoms with Gasteiger partial charge in [0.05, 0.1) is 19.2 Å². The number of thiol groups is 1. The Labute approximate surface area is 163 Å². The number of rotatable bonds is 4. The van der Waals surface area contributed by atoms with E-state index in [1.165, 1.54) is 0 Å². The quantitative estimate of drug-likeness (QED) is 0.795. The van der Waals surface area contributed by atoms with E-state index < -0.39 is 12.1 Å². The summed E-state index contributed by atoms with van der Waals surface area (Å²) < 4.78 is 10.7. The number of nitrogens with zero attached hydrogens (tertiary/aromatic N) is 2. The molecule has 1 atom stereocenters. The van der Waals surface area contributed by atoms with Crippen LogP contribution in [0, 0.1) is 18.3 Å². The lowest BCUT2D eigenvalue weighted by Crippen LogP contribution is -2.46. The zero-order valence-corrected chi connectivity index (χ0v) is 16.1.